The monoisotopic (exact) mass is 769 g/mol. The predicted octanol–water partition coefficient (Wildman–Crippen LogP) is 4.39. The van der Waals surface area contributed by atoms with Crippen LogP contribution in [0.4, 0.5) is 11.4 Å². The molecule has 1 aliphatic rings. The van der Waals surface area contributed by atoms with Crippen LogP contribution in [0.3, 0.4) is 0 Å². The van der Waals surface area contributed by atoms with Gasteiger partial charge >= 0.3 is 0 Å². The van der Waals surface area contributed by atoms with Gasteiger partial charge in [0.05, 0.1) is 42.9 Å². The molecule has 0 aromatic heterocycles. The Morgan fingerprint density at radius 2 is 1.57 bits per heavy atom. The number of unbranched alkanes of at least 4 members (excludes halogenated alkanes) is 3. The van der Waals surface area contributed by atoms with E-state index in [0.717, 1.165) is 80.4 Å². The first-order valence-electron chi connectivity index (χ1n) is 17.4. The molecule has 0 spiro atoms. The second-order valence-corrected chi connectivity index (χ2v) is 15.5. The minimum Gasteiger partial charge on any atom is -1.00 e. The number of halogens is 1. The SMILES string of the molecule is CCCCC1(CCCC)CS(=O)(=O)c2ccc(N(C)C)cc2[C@@H](c2cccc(NC(=O)CCCC[N+](CC)(CC)CC)c2)[C@H]1O.[I-]. The van der Waals surface area contributed by atoms with Gasteiger partial charge < -0.3 is 43.8 Å². The molecule has 2 N–H and O–H groups in total. The lowest BCUT2D eigenvalue weighted by atomic mass is 9.68. The van der Waals surface area contributed by atoms with E-state index in [4.69, 9.17) is 0 Å². The van der Waals surface area contributed by atoms with E-state index in [2.05, 4.69) is 39.9 Å². The third-order valence-corrected chi connectivity index (χ3v) is 12.5. The van der Waals surface area contributed by atoms with Crippen molar-refractivity contribution < 1.29 is 46.8 Å². The Bertz CT molecular complexity index is 1340. The molecule has 3 rings (SSSR count). The van der Waals surface area contributed by atoms with Crippen LogP contribution in [0.5, 0.6) is 0 Å². The van der Waals surface area contributed by atoms with Crippen molar-refractivity contribution in [2.24, 2.45) is 5.41 Å². The van der Waals surface area contributed by atoms with Gasteiger partial charge in [-0.1, -0.05) is 51.7 Å². The van der Waals surface area contributed by atoms with Crippen LogP contribution in [0.25, 0.3) is 0 Å². The zero-order valence-electron chi connectivity index (χ0n) is 29.4. The van der Waals surface area contributed by atoms with Crippen LogP contribution in [-0.4, -0.2) is 76.0 Å². The summed E-state index contributed by atoms with van der Waals surface area (Å²) in [6.45, 7) is 15.4. The largest absolute Gasteiger partial charge is 1.00 e. The summed E-state index contributed by atoms with van der Waals surface area (Å²) in [6, 6.07) is 13.2. The number of aliphatic hydroxyl groups is 1. The molecule has 1 amide bonds. The lowest BCUT2D eigenvalue weighted by molar-refractivity contribution is -0.923. The van der Waals surface area contributed by atoms with Gasteiger partial charge in [0.25, 0.3) is 0 Å². The highest BCUT2D eigenvalue weighted by Gasteiger charge is 2.49. The van der Waals surface area contributed by atoms with Crippen LogP contribution in [0.2, 0.25) is 0 Å². The fraction of sp³-hybridized carbons (Fsp3) is 0.649. The van der Waals surface area contributed by atoms with E-state index in [-0.39, 0.29) is 35.6 Å². The van der Waals surface area contributed by atoms with Crippen molar-refractivity contribution in [3.05, 3.63) is 53.6 Å². The molecular formula is C37H60IN3O4S. The Morgan fingerprint density at radius 1 is 0.935 bits per heavy atom. The molecule has 0 radical (unpaired) electrons. The number of nitrogens with one attached hydrogen (secondary N) is 1. The van der Waals surface area contributed by atoms with Gasteiger partial charge in [0.15, 0.2) is 9.84 Å². The Morgan fingerprint density at radius 3 is 2.13 bits per heavy atom. The number of sulfone groups is 1. The second-order valence-electron chi connectivity index (χ2n) is 13.5. The molecule has 1 aliphatic heterocycles. The summed E-state index contributed by atoms with van der Waals surface area (Å²) in [6.07, 6.45) is 6.28. The van der Waals surface area contributed by atoms with Gasteiger partial charge in [0, 0.05) is 43.2 Å². The summed E-state index contributed by atoms with van der Waals surface area (Å²) >= 11 is 0. The molecule has 0 fully saturated rings. The number of carbonyl (C=O) groups excluding carboxylic acids is 1. The van der Waals surface area contributed by atoms with Crippen LogP contribution in [0.15, 0.2) is 47.4 Å². The highest BCUT2D eigenvalue weighted by Crippen LogP contribution is 2.50. The topological polar surface area (TPSA) is 86.7 Å². The number of hydrogen-bond acceptors (Lipinski definition) is 5. The van der Waals surface area contributed by atoms with Crippen molar-refractivity contribution in [2.75, 3.05) is 56.2 Å². The molecule has 0 saturated heterocycles. The molecule has 2 aromatic rings. The summed E-state index contributed by atoms with van der Waals surface area (Å²) in [5, 5.41) is 15.5. The third-order valence-electron chi connectivity index (χ3n) is 10.5. The first kappa shape index (κ1) is 40.5. The maximum absolute atomic E-state index is 14.1. The zero-order valence-corrected chi connectivity index (χ0v) is 32.4. The van der Waals surface area contributed by atoms with E-state index < -0.39 is 27.3 Å². The number of rotatable bonds is 17. The van der Waals surface area contributed by atoms with E-state index in [1.165, 1.54) is 0 Å². The van der Waals surface area contributed by atoms with Gasteiger partial charge in [0.1, 0.15) is 0 Å². The third kappa shape index (κ3) is 9.69. The molecule has 7 nitrogen and oxygen atoms in total. The standard InChI is InChI=1S/C37H59N3O4S.HI/c1-8-13-23-37(24-14-9-2)28-45(43,44)33-22-21-31(39(6)7)27-32(33)35(36(37)42)29-18-17-19-30(26-29)38-34(41)20-15-16-25-40(10-3,11-4)12-5;/h17-19,21-22,26-27,35-36,42H,8-16,20,23-25,28H2,1-7H3;1H/t35-,36-;/m1./s1. The van der Waals surface area contributed by atoms with Crippen molar-refractivity contribution in [3.63, 3.8) is 0 Å². The molecule has 0 saturated carbocycles. The molecule has 2 aromatic carbocycles. The summed E-state index contributed by atoms with van der Waals surface area (Å²) in [4.78, 5) is 15.3. The highest BCUT2D eigenvalue weighted by molar-refractivity contribution is 7.91. The fourth-order valence-corrected chi connectivity index (χ4v) is 9.49. The molecule has 0 bridgehead atoms. The van der Waals surface area contributed by atoms with Crippen LogP contribution in [-0.2, 0) is 14.6 Å². The van der Waals surface area contributed by atoms with Crippen LogP contribution < -0.4 is 34.2 Å². The Labute approximate surface area is 297 Å². The van der Waals surface area contributed by atoms with Crippen LogP contribution in [0, 0.1) is 5.41 Å². The minimum atomic E-state index is -3.67. The average molecular weight is 770 g/mol. The maximum Gasteiger partial charge on any atom is 0.224 e. The number of carbonyl (C=O) groups is 1. The Hall–Kier alpha value is -1.69. The minimum absolute atomic E-state index is 0. The lowest BCUT2D eigenvalue weighted by Gasteiger charge is -2.40. The number of nitrogens with zero attached hydrogens (tertiary/aromatic N) is 2. The molecule has 0 aliphatic carbocycles. The predicted molar refractivity (Wildman–Crippen MR) is 188 cm³/mol. The summed E-state index contributed by atoms with van der Waals surface area (Å²) in [5.41, 5.74) is 2.25. The van der Waals surface area contributed by atoms with Crippen molar-refractivity contribution in [3.8, 4) is 0 Å². The zero-order chi connectivity index (χ0) is 33.3. The number of hydrogen-bond donors (Lipinski definition) is 2. The number of aliphatic hydroxyl groups excluding tert-OH is 1. The number of amides is 1. The Balaban J connectivity index is 0.00000736. The summed E-state index contributed by atoms with van der Waals surface area (Å²) in [5.74, 6) is -0.628. The summed E-state index contributed by atoms with van der Waals surface area (Å²) in [7, 11) is 0.204. The van der Waals surface area contributed by atoms with Crippen molar-refractivity contribution in [2.45, 2.75) is 109 Å². The smallest absolute Gasteiger partial charge is 0.224 e. The fourth-order valence-electron chi connectivity index (χ4n) is 7.30. The van der Waals surface area contributed by atoms with E-state index >= 15 is 0 Å². The van der Waals surface area contributed by atoms with Gasteiger partial charge in [-0.05, 0) is 87.9 Å². The van der Waals surface area contributed by atoms with Gasteiger partial charge in [-0.3, -0.25) is 4.79 Å². The first-order valence-corrected chi connectivity index (χ1v) is 19.0. The van der Waals surface area contributed by atoms with E-state index in [9.17, 15) is 18.3 Å². The summed E-state index contributed by atoms with van der Waals surface area (Å²) < 4.78 is 29.3. The molecule has 0 unspecified atom stereocenters. The number of quaternary nitrogens is 1. The van der Waals surface area contributed by atoms with E-state index in [1.807, 2.05) is 55.4 Å². The number of anilines is 2. The molecule has 46 heavy (non-hydrogen) atoms. The van der Waals surface area contributed by atoms with Crippen LogP contribution >= 0.6 is 0 Å². The maximum atomic E-state index is 14.1. The lowest BCUT2D eigenvalue weighted by Crippen LogP contribution is -3.00. The van der Waals surface area contributed by atoms with E-state index in [0.29, 0.717) is 35.4 Å². The van der Waals surface area contributed by atoms with E-state index in [1.54, 1.807) is 6.07 Å². The van der Waals surface area contributed by atoms with Crippen molar-refractivity contribution >= 4 is 27.1 Å². The van der Waals surface area contributed by atoms with Gasteiger partial charge in [0.2, 0.25) is 5.91 Å². The van der Waals surface area contributed by atoms with Crippen LogP contribution in [0.1, 0.15) is 109 Å². The van der Waals surface area contributed by atoms with Gasteiger partial charge in [-0.2, -0.15) is 0 Å². The average Bonchev–Trinajstić information content (AvgIpc) is 3.09. The normalized spacial score (nSPS) is 18.6. The number of fused-ring (bicyclic) bond motifs is 1. The molecule has 260 valence electrons. The Kier molecular flexibility index (Phi) is 16.0. The molecule has 2 atom stereocenters. The van der Waals surface area contributed by atoms with Gasteiger partial charge in [-0.15, -0.1) is 0 Å². The van der Waals surface area contributed by atoms with Crippen molar-refractivity contribution in [1.82, 2.24) is 0 Å². The molecule has 1 heterocycles. The number of benzene rings is 2. The van der Waals surface area contributed by atoms with Crippen molar-refractivity contribution in [1.29, 1.82) is 0 Å². The van der Waals surface area contributed by atoms with Gasteiger partial charge in [-0.25, -0.2) is 8.42 Å². The highest BCUT2D eigenvalue weighted by atomic mass is 127. The second kappa shape index (κ2) is 18.2. The first-order chi connectivity index (χ1) is 21.4. The molecule has 9 heteroatoms. The molecular weight excluding hydrogens is 709 g/mol. The quantitative estimate of drug-likeness (QED) is 0.142.